The molecule has 2 nitrogen and oxygen atoms in total. The van der Waals surface area contributed by atoms with E-state index in [1.165, 1.54) is 56.1 Å². The highest BCUT2D eigenvalue weighted by atomic mass is 16.3. The van der Waals surface area contributed by atoms with Gasteiger partial charge in [0.1, 0.15) is 0 Å². The van der Waals surface area contributed by atoms with E-state index in [9.17, 15) is 10.2 Å². The summed E-state index contributed by atoms with van der Waals surface area (Å²) in [7, 11) is 0. The summed E-state index contributed by atoms with van der Waals surface area (Å²) in [5.74, 6) is 3.88. The maximum absolute atomic E-state index is 10.6. The van der Waals surface area contributed by atoms with Crippen LogP contribution in [0.2, 0.25) is 0 Å². The molecule has 0 saturated heterocycles. The van der Waals surface area contributed by atoms with Crippen LogP contribution in [0.5, 0.6) is 0 Å². The molecule has 0 spiro atoms. The molecule has 164 valence electrons. The minimum atomic E-state index is -0.191. The van der Waals surface area contributed by atoms with Gasteiger partial charge in [-0.1, -0.05) is 37.1 Å². The monoisotopic (exact) mass is 400 g/mol. The summed E-state index contributed by atoms with van der Waals surface area (Å²) in [6.45, 7) is 9.85. The van der Waals surface area contributed by atoms with Gasteiger partial charge in [-0.15, -0.1) is 0 Å². The second-order valence-electron chi connectivity index (χ2n) is 11.6. The summed E-state index contributed by atoms with van der Waals surface area (Å²) in [4.78, 5) is 0. The predicted molar refractivity (Wildman–Crippen MR) is 120 cm³/mol. The van der Waals surface area contributed by atoms with Crippen molar-refractivity contribution in [2.45, 2.75) is 98.0 Å². The number of fused-ring (bicyclic) bond motifs is 5. The van der Waals surface area contributed by atoms with Crippen molar-refractivity contribution in [1.29, 1.82) is 0 Å². The van der Waals surface area contributed by atoms with E-state index in [0.717, 1.165) is 42.9 Å². The third-order valence-corrected chi connectivity index (χ3v) is 10.0. The van der Waals surface area contributed by atoms with Crippen molar-refractivity contribution in [3.8, 4) is 0 Å². The van der Waals surface area contributed by atoms with Crippen molar-refractivity contribution in [2.24, 2.45) is 40.4 Å². The Balaban J connectivity index is 1.54. The van der Waals surface area contributed by atoms with E-state index in [2.05, 4.69) is 39.8 Å². The lowest BCUT2D eigenvalue weighted by Crippen LogP contribution is -2.53. The third kappa shape index (κ3) is 3.57. The zero-order valence-corrected chi connectivity index (χ0v) is 19.3. The lowest BCUT2D eigenvalue weighted by molar-refractivity contribution is -0.0794. The Kier molecular flexibility index (Phi) is 6.08. The van der Waals surface area contributed by atoms with Gasteiger partial charge in [0, 0.05) is 5.41 Å². The van der Waals surface area contributed by atoms with Crippen molar-refractivity contribution < 1.29 is 10.2 Å². The summed E-state index contributed by atoms with van der Waals surface area (Å²) < 4.78 is 0. The summed E-state index contributed by atoms with van der Waals surface area (Å²) >= 11 is 0. The number of hydrogen-bond acceptors (Lipinski definition) is 2. The van der Waals surface area contributed by atoms with E-state index in [-0.39, 0.29) is 11.5 Å². The summed E-state index contributed by atoms with van der Waals surface area (Å²) in [6, 6.07) is 0. The average molecular weight is 401 g/mol. The fourth-order valence-corrected chi connectivity index (χ4v) is 8.54. The Labute approximate surface area is 178 Å². The topological polar surface area (TPSA) is 40.5 Å². The zero-order valence-electron chi connectivity index (χ0n) is 19.3. The fourth-order valence-electron chi connectivity index (χ4n) is 8.54. The van der Waals surface area contributed by atoms with Gasteiger partial charge in [-0.3, -0.25) is 0 Å². The molecule has 4 rings (SSSR count). The molecule has 0 amide bonds. The molecule has 2 N–H and O–H groups in total. The lowest BCUT2D eigenvalue weighted by atomic mass is 9.46. The molecule has 2 heteroatoms. The Morgan fingerprint density at radius 3 is 2.69 bits per heavy atom. The van der Waals surface area contributed by atoms with Gasteiger partial charge < -0.3 is 10.2 Å². The maximum Gasteiger partial charge on any atom is 0.0577 e. The molecule has 3 fully saturated rings. The van der Waals surface area contributed by atoms with Gasteiger partial charge in [0.15, 0.2) is 0 Å². The van der Waals surface area contributed by atoms with Gasteiger partial charge >= 0.3 is 0 Å². The van der Waals surface area contributed by atoms with Crippen molar-refractivity contribution in [3.63, 3.8) is 0 Å². The zero-order chi connectivity index (χ0) is 20.8. The van der Waals surface area contributed by atoms with Crippen LogP contribution < -0.4 is 0 Å². The van der Waals surface area contributed by atoms with Crippen molar-refractivity contribution in [3.05, 3.63) is 23.3 Å². The van der Waals surface area contributed by atoms with E-state index >= 15 is 0 Å². The van der Waals surface area contributed by atoms with E-state index in [1.807, 2.05) is 0 Å². The molecule has 0 radical (unpaired) electrons. The first-order valence-electron chi connectivity index (χ1n) is 12.4. The Hall–Kier alpha value is -0.600. The van der Waals surface area contributed by atoms with Crippen LogP contribution >= 0.6 is 0 Å². The van der Waals surface area contributed by atoms with E-state index in [0.29, 0.717) is 17.9 Å². The molecule has 8 atom stereocenters. The van der Waals surface area contributed by atoms with Gasteiger partial charge in [0.25, 0.3) is 0 Å². The maximum atomic E-state index is 10.6. The second kappa shape index (κ2) is 8.15. The van der Waals surface area contributed by atoms with Crippen LogP contribution in [0.25, 0.3) is 0 Å². The summed E-state index contributed by atoms with van der Waals surface area (Å²) in [5.41, 5.74) is 3.32. The molecule has 4 aliphatic carbocycles. The van der Waals surface area contributed by atoms with Crippen molar-refractivity contribution >= 4 is 0 Å². The minimum absolute atomic E-state index is 0.0172. The molecular weight excluding hydrogens is 356 g/mol. The van der Waals surface area contributed by atoms with Crippen LogP contribution in [0.1, 0.15) is 91.9 Å². The first-order chi connectivity index (χ1) is 13.8. The predicted octanol–water partition coefficient (Wildman–Crippen LogP) is 6.28. The summed E-state index contributed by atoms with van der Waals surface area (Å²) in [5, 5.41) is 20.8. The Bertz CT molecular complexity index is 659. The molecule has 0 aromatic carbocycles. The normalized spacial score (nSPS) is 44.9. The largest absolute Gasteiger partial charge is 0.395 e. The van der Waals surface area contributed by atoms with Crippen molar-refractivity contribution in [1.82, 2.24) is 0 Å². The van der Waals surface area contributed by atoms with Crippen LogP contribution in [-0.4, -0.2) is 22.9 Å². The molecule has 0 aromatic heterocycles. The van der Waals surface area contributed by atoms with Gasteiger partial charge in [0.2, 0.25) is 0 Å². The Morgan fingerprint density at radius 2 is 1.97 bits per heavy atom. The number of aliphatic hydroxyl groups is 2. The molecule has 0 bridgehead atoms. The number of rotatable bonds is 5. The van der Waals surface area contributed by atoms with E-state index < -0.39 is 0 Å². The van der Waals surface area contributed by atoms with E-state index in [1.54, 1.807) is 0 Å². The standard InChI is InChI=1S/C27H44O2/c1-18(2)6-5-7-19(3)23-10-11-24-22-9-8-20-16-21(29)12-15-27(20,17-28)25(22)13-14-26(23,24)4/h6,8,19,21-25,28-29H,5,7,9-17H2,1-4H3/t19-,21+,22?,23-,24?,25?,26-,27-/m1/s1. The minimum Gasteiger partial charge on any atom is -0.395 e. The molecule has 4 aliphatic rings. The molecule has 3 saturated carbocycles. The fraction of sp³-hybridized carbons (Fsp3) is 0.852. The van der Waals surface area contributed by atoms with Crippen LogP contribution in [0.15, 0.2) is 23.3 Å². The quantitative estimate of drug-likeness (QED) is 0.533. The molecule has 0 aromatic rings. The van der Waals surface area contributed by atoms with Crippen LogP contribution in [0.4, 0.5) is 0 Å². The molecule has 3 unspecified atom stereocenters. The van der Waals surface area contributed by atoms with Gasteiger partial charge in [0.05, 0.1) is 12.7 Å². The lowest BCUT2D eigenvalue weighted by Gasteiger charge is -2.59. The summed E-state index contributed by atoms with van der Waals surface area (Å²) in [6.07, 6.45) is 16.5. The number of hydrogen-bond donors (Lipinski definition) is 2. The van der Waals surface area contributed by atoms with Gasteiger partial charge in [-0.2, -0.15) is 0 Å². The van der Waals surface area contributed by atoms with Crippen LogP contribution in [0.3, 0.4) is 0 Å². The van der Waals surface area contributed by atoms with Crippen molar-refractivity contribution in [2.75, 3.05) is 6.61 Å². The molecular formula is C27H44O2. The smallest absolute Gasteiger partial charge is 0.0577 e. The first kappa shape index (κ1) is 21.6. The highest BCUT2D eigenvalue weighted by molar-refractivity contribution is 5.26. The number of aliphatic hydroxyl groups excluding tert-OH is 2. The highest BCUT2D eigenvalue weighted by Gasteiger charge is 2.60. The average Bonchev–Trinajstić information content (AvgIpc) is 3.04. The second-order valence-corrected chi connectivity index (χ2v) is 11.6. The molecule has 29 heavy (non-hydrogen) atoms. The van der Waals surface area contributed by atoms with Gasteiger partial charge in [-0.25, -0.2) is 0 Å². The van der Waals surface area contributed by atoms with Crippen LogP contribution in [0, 0.1) is 40.4 Å². The van der Waals surface area contributed by atoms with Crippen LogP contribution in [-0.2, 0) is 0 Å². The Morgan fingerprint density at radius 1 is 1.17 bits per heavy atom. The van der Waals surface area contributed by atoms with E-state index in [4.69, 9.17) is 0 Å². The number of allylic oxidation sites excluding steroid dienone is 3. The molecule has 0 heterocycles. The SMILES string of the molecule is CC(C)=CCC[C@@H](C)[C@H]1CCC2C3CC=C4C[C@@H](O)CC[C@]4(CO)C3CC[C@@]21C. The first-order valence-corrected chi connectivity index (χ1v) is 12.4. The third-order valence-electron chi connectivity index (χ3n) is 10.0. The highest BCUT2D eigenvalue weighted by Crippen LogP contribution is 2.67. The van der Waals surface area contributed by atoms with Gasteiger partial charge in [-0.05, 0) is 113 Å². The molecule has 0 aliphatic heterocycles.